The molecule has 0 bridgehead atoms. The highest BCUT2D eigenvalue weighted by molar-refractivity contribution is 5.64. The maximum atomic E-state index is 2.28. The molecule has 0 heterocycles. The van der Waals surface area contributed by atoms with Crippen LogP contribution in [0, 0.1) is 5.92 Å². The lowest BCUT2D eigenvalue weighted by atomic mass is 9.98. The van der Waals surface area contributed by atoms with E-state index < -0.39 is 0 Å². The van der Waals surface area contributed by atoms with Crippen LogP contribution in [0.3, 0.4) is 0 Å². The molecule has 0 nitrogen and oxygen atoms in total. The predicted octanol–water partition coefficient (Wildman–Crippen LogP) is 4.51. The summed E-state index contributed by atoms with van der Waals surface area (Å²) in [4.78, 5) is 0. The Labute approximate surface area is 97.9 Å². The second kappa shape index (κ2) is 4.98. The Kier molecular flexibility index (Phi) is 3.40. The summed E-state index contributed by atoms with van der Waals surface area (Å²) in [5.74, 6) is 1.45. The van der Waals surface area contributed by atoms with Crippen molar-refractivity contribution < 1.29 is 0 Å². The van der Waals surface area contributed by atoms with Gasteiger partial charge in [-0.2, -0.15) is 0 Å². The maximum absolute atomic E-state index is 2.28. The Hall–Kier alpha value is -1.56. The second-order valence-electron chi connectivity index (χ2n) is 4.45. The molecular weight excluding hydrogens is 192 g/mol. The summed E-state index contributed by atoms with van der Waals surface area (Å²) in [7, 11) is 0. The van der Waals surface area contributed by atoms with E-state index in [1.807, 2.05) is 0 Å². The largest absolute Gasteiger partial charge is 0.0622 e. The van der Waals surface area contributed by atoms with E-state index >= 15 is 0 Å². The molecule has 0 unspecified atom stereocenters. The fourth-order valence-corrected chi connectivity index (χ4v) is 1.90. The van der Waals surface area contributed by atoms with Gasteiger partial charge in [-0.05, 0) is 29.0 Å². The topological polar surface area (TPSA) is 0 Å². The zero-order valence-corrected chi connectivity index (χ0v) is 9.90. The fraction of sp³-hybridized carbons (Fsp3) is 0.188. The molecule has 0 amide bonds. The molecule has 16 heavy (non-hydrogen) atoms. The SMILES string of the molecule is C[C](C)Cc1cccc(-c2ccccc2)c1. The average molecular weight is 209 g/mol. The average Bonchev–Trinajstić information content (AvgIpc) is 2.30. The van der Waals surface area contributed by atoms with Gasteiger partial charge in [-0.1, -0.05) is 68.4 Å². The highest BCUT2D eigenvalue weighted by Gasteiger charge is 2.00. The summed E-state index contributed by atoms with van der Waals surface area (Å²) < 4.78 is 0. The van der Waals surface area contributed by atoms with Crippen molar-refractivity contribution in [3.63, 3.8) is 0 Å². The summed E-state index contributed by atoms with van der Waals surface area (Å²) in [5, 5.41) is 0. The molecule has 2 aromatic rings. The van der Waals surface area contributed by atoms with Crippen LogP contribution in [0.15, 0.2) is 54.6 Å². The van der Waals surface area contributed by atoms with Gasteiger partial charge >= 0.3 is 0 Å². The lowest BCUT2D eigenvalue weighted by Crippen LogP contribution is -1.91. The standard InChI is InChI=1S/C16H17/c1-13(2)11-14-7-6-10-16(12-14)15-8-4-3-5-9-15/h3-10,12H,11H2,1-2H3. The van der Waals surface area contributed by atoms with Crippen molar-refractivity contribution in [2.45, 2.75) is 20.3 Å². The van der Waals surface area contributed by atoms with E-state index in [-0.39, 0.29) is 0 Å². The highest BCUT2D eigenvalue weighted by atomic mass is 14.1. The normalized spacial score (nSPS) is 10.7. The number of rotatable bonds is 3. The molecule has 0 fully saturated rings. The summed E-state index contributed by atoms with van der Waals surface area (Å²) in [5.41, 5.74) is 3.99. The van der Waals surface area contributed by atoms with Crippen molar-refractivity contribution >= 4 is 0 Å². The van der Waals surface area contributed by atoms with Crippen LogP contribution in [0.5, 0.6) is 0 Å². The fourth-order valence-electron chi connectivity index (χ4n) is 1.90. The number of hydrogen-bond acceptors (Lipinski definition) is 0. The minimum absolute atomic E-state index is 1.07. The van der Waals surface area contributed by atoms with Gasteiger partial charge in [-0.15, -0.1) is 0 Å². The molecule has 0 aliphatic rings. The van der Waals surface area contributed by atoms with Gasteiger partial charge in [-0.25, -0.2) is 0 Å². The van der Waals surface area contributed by atoms with Gasteiger partial charge < -0.3 is 0 Å². The molecule has 2 rings (SSSR count). The first-order valence-electron chi connectivity index (χ1n) is 5.69. The van der Waals surface area contributed by atoms with Crippen LogP contribution in [0.2, 0.25) is 0 Å². The first-order valence-corrected chi connectivity index (χ1v) is 5.69. The Balaban J connectivity index is 2.29. The third-order valence-electron chi connectivity index (χ3n) is 2.59. The molecule has 0 heteroatoms. The van der Waals surface area contributed by atoms with E-state index in [1.54, 1.807) is 0 Å². The van der Waals surface area contributed by atoms with Gasteiger partial charge in [0.05, 0.1) is 0 Å². The molecule has 0 N–H and O–H groups in total. The summed E-state index contributed by atoms with van der Waals surface area (Å²) in [6, 6.07) is 19.3. The first-order chi connectivity index (χ1) is 7.75. The van der Waals surface area contributed by atoms with E-state index in [9.17, 15) is 0 Å². The number of benzene rings is 2. The Morgan fingerprint density at radius 2 is 1.50 bits per heavy atom. The van der Waals surface area contributed by atoms with Crippen molar-refractivity contribution in [3.8, 4) is 11.1 Å². The lowest BCUT2D eigenvalue weighted by molar-refractivity contribution is 0.957. The molecule has 0 saturated heterocycles. The Morgan fingerprint density at radius 1 is 0.812 bits per heavy atom. The Morgan fingerprint density at radius 3 is 2.19 bits per heavy atom. The minimum atomic E-state index is 1.07. The van der Waals surface area contributed by atoms with Crippen LogP contribution in [-0.2, 0) is 6.42 Å². The zero-order chi connectivity index (χ0) is 11.4. The van der Waals surface area contributed by atoms with Crippen LogP contribution in [0.1, 0.15) is 19.4 Å². The van der Waals surface area contributed by atoms with Crippen LogP contribution in [0.4, 0.5) is 0 Å². The maximum Gasteiger partial charge on any atom is -0.0181 e. The van der Waals surface area contributed by atoms with Crippen molar-refractivity contribution in [1.29, 1.82) is 0 Å². The molecule has 1 radical (unpaired) electrons. The van der Waals surface area contributed by atoms with E-state index in [0.29, 0.717) is 0 Å². The molecule has 0 aromatic heterocycles. The van der Waals surface area contributed by atoms with Crippen molar-refractivity contribution in [1.82, 2.24) is 0 Å². The molecule has 0 atom stereocenters. The van der Waals surface area contributed by atoms with Crippen molar-refractivity contribution in [2.24, 2.45) is 0 Å². The quantitative estimate of drug-likeness (QED) is 0.697. The van der Waals surface area contributed by atoms with E-state index in [4.69, 9.17) is 0 Å². The van der Waals surface area contributed by atoms with Gasteiger partial charge in [-0.3, -0.25) is 0 Å². The summed E-state index contributed by atoms with van der Waals surface area (Å²) >= 11 is 0. The van der Waals surface area contributed by atoms with E-state index in [2.05, 4.69) is 68.4 Å². The smallest absolute Gasteiger partial charge is 0.0181 e. The van der Waals surface area contributed by atoms with Gasteiger partial charge in [0.2, 0.25) is 0 Å². The van der Waals surface area contributed by atoms with E-state index in [1.165, 1.54) is 22.6 Å². The van der Waals surface area contributed by atoms with Crippen molar-refractivity contribution in [2.75, 3.05) is 0 Å². The van der Waals surface area contributed by atoms with Crippen molar-refractivity contribution in [3.05, 3.63) is 66.1 Å². The van der Waals surface area contributed by atoms with E-state index in [0.717, 1.165) is 6.42 Å². The van der Waals surface area contributed by atoms with Crippen LogP contribution in [0.25, 0.3) is 11.1 Å². The molecule has 0 aliphatic heterocycles. The Bertz CT molecular complexity index is 441. The molecule has 2 aromatic carbocycles. The van der Waals surface area contributed by atoms with Gasteiger partial charge in [0.25, 0.3) is 0 Å². The monoisotopic (exact) mass is 209 g/mol. The third kappa shape index (κ3) is 2.73. The minimum Gasteiger partial charge on any atom is -0.0622 e. The first kappa shape index (κ1) is 10.9. The summed E-state index contributed by atoms with van der Waals surface area (Å²) in [6.45, 7) is 4.35. The van der Waals surface area contributed by atoms with Crippen LogP contribution in [-0.4, -0.2) is 0 Å². The van der Waals surface area contributed by atoms with Gasteiger partial charge in [0.15, 0.2) is 0 Å². The number of hydrogen-bond donors (Lipinski definition) is 0. The van der Waals surface area contributed by atoms with Crippen LogP contribution < -0.4 is 0 Å². The molecule has 0 aliphatic carbocycles. The highest BCUT2D eigenvalue weighted by Crippen LogP contribution is 2.21. The predicted molar refractivity (Wildman–Crippen MR) is 70.2 cm³/mol. The third-order valence-corrected chi connectivity index (χ3v) is 2.59. The summed E-state index contributed by atoms with van der Waals surface area (Å²) in [6.07, 6.45) is 1.07. The van der Waals surface area contributed by atoms with Gasteiger partial charge in [0, 0.05) is 0 Å². The molecular formula is C16H17. The molecule has 81 valence electrons. The zero-order valence-electron chi connectivity index (χ0n) is 9.90. The van der Waals surface area contributed by atoms with Gasteiger partial charge in [0.1, 0.15) is 0 Å². The lowest BCUT2D eigenvalue weighted by Gasteiger charge is -2.07. The molecule has 0 saturated carbocycles. The second-order valence-corrected chi connectivity index (χ2v) is 4.45. The van der Waals surface area contributed by atoms with Crippen LogP contribution >= 0.6 is 0 Å². The molecule has 0 spiro atoms.